The van der Waals surface area contributed by atoms with Crippen molar-refractivity contribution in [2.75, 3.05) is 5.73 Å². The molecule has 0 saturated carbocycles. The maximum absolute atomic E-state index is 11.7. The van der Waals surface area contributed by atoms with Gasteiger partial charge in [0, 0.05) is 17.3 Å². The number of anilines is 1. The molecule has 2 aromatic heterocycles. The minimum atomic E-state index is -0.162. The van der Waals surface area contributed by atoms with E-state index in [0.29, 0.717) is 17.2 Å². The number of nitrogens with one attached hydrogen (secondary N) is 1. The molecule has 0 aliphatic rings. The molecule has 19 heavy (non-hydrogen) atoms. The highest BCUT2D eigenvalue weighted by molar-refractivity contribution is 7.13. The largest absolute Gasteiger partial charge is 0.399 e. The van der Waals surface area contributed by atoms with Crippen molar-refractivity contribution >= 4 is 17.0 Å². The smallest absolute Gasteiger partial charge is 0.251 e. The van der Waals surface area contributed by atoms with E-state index in [0.717, 1.165) is 10.4 Å². The second kappa shape index (κ2) is 4.70. The lowest BCUT2D eigenvalue weighted by Gasteiger charge is -2.03. The van der Waals surface area contributed by atoms with Gasteiger partial charge < -0.3 is 10.7 Å². The molecular weight excluding hydrogens is 258 g/mol. The third-order valence-electron chi connectivity index (χ3n) is 2.70. The van der Waals surface area contributed by atoms with Crippen LogP contribution in [-0.2, 0) is 0 Å². The van der Waals surface area contributed by atoms with Crippen LogP contribution in [0.3, 0.4) is 0 Å². The predicted molar refractivity (Wildman–Crippen MR) is 78.0 cm³/mol. The van der Waals surface area contributed by atoms with E-state index in [-0.39, 0.29) is 5.56 Å². The number of hydrogen-bond donors (Lipinski definition) is 2. The zero-order chi connectivity index (χ0) is 13.2. The fraction of sp³-hybridized carbons (Fsp3) is 0. The van der Waals surface area contributed by atoms with Crippen LogP contribution in [0.4, 0.5) is 5.69 Å². The monoisotopic (exact) mass is 269 g/mol. The molecule has 5 heteroatoms. The molecule has 2 heterocycles. The molecule has 94 valence electrons. The van der Waals surface area contributed by atoms with Crippen LogP contribution in [0.5, 0.6) is 0 Å². The van der Waals surface area contributed by atoms with Crippen molar-refractivity contribution in [2.45, 2.75) is 0 Å². The maximum atomic E-state index is 11.7. The van der Waals surface area contributed by atoms with Crippen LogP contribution in [-0.4, -0.2) is 9.97 Å². The number of rotatable bonds is 2. The van der Waals surface area contributed by atoms with Gasteiger partial charge in [-0.25, -0.2) is 4.98 Å². The van der Waals surface area contributed by atoms with Gasteiger partial charge in [-0.2, -0.15) is 0 Å². The van der Waals surface area contributed by atoms with E-state index in [9.17, 15) is 4.79 Å². The second-order valence-corrected chi connectivity index (χ2v) is 5.03. The second-order valence-electron chi connectivity index (χ2n) is 4.08. The van der Waals surface area contributed by atoms with E-state index in [1.54, 1.807) is 23.5 Å². The summed E-state index contributed by atoms with van der Waals surface area (Å²) in [5.74, 6) is 0.552. The summed E-state index contributed by atoms with van der Waals surface area (Å²) in [7, 11) is 0. The molecular formula is C14H11N3OS. The van der Waals surface area contributed by atoms with Crippen LogP contribution in [0.15, 0.2) is 52.6 Å². The molecule has 0 aliphatic heterocycles. The van der Waals surface area contributed by atoms with Crippen LogP contribution < -0.4 is 11.3 Å². The highest BCUT2D eigenvalue weighted by Crippen LogP contribution is 2.23. The number of nitrogens with zero attached hydrogens (tertiary/aromatic N) is 1. The van der Waals surface area contributed by atoms with Gasteiger partial charge in [0.2, 0.25) is 0 Å². The van der Waals surface area contributed by atoms with Gasteiger partial charge in [0.05, 0.1) is 10.6 Å². The lowest BCUT2D eigenvalue weighted by molar-refractivity contribution is 1.14. The standard InChI is InChI=1S/C14H11N3OS/c15-10-5-3-9(4-6-10)14-16-11(8-13(18)17-14)12-2-1-7-19-12/h1-8H,15H2,(H,16,17,18). The van der Waals surface area contributed by atoms with Crippen molar-refractivity contribution in [1.82, 2.24) is 9.97 Å². The minimum absolute atomic E-state index is 0.162. The summed E-state index contributed by atoms with van der Waals surface area (Å²) in [5.41, 5.74) is 7.69. The number of aromatic nitrogens is 2. The van der Waals surface area contributed by atoms with Gasteiger partial charge in [-0.3, -0.25) is 4.79 Å². The Labute approximate surface area is 113 Å². The van der Waals surface area contributed by atoms with E-state index < -0.39 is 0 Å². The molecule has 0 aliphatic carbocycles. The third kappa shape index (κ3) is 2.41. The van der Waals surface area contributed by atoms with Crippen LogP contribution in [0, 0.1) is 0 Å². The summed E-state index contributed by atoms with van der Waals surface area (Å²) in [4.78, 5) is 19.9. The molecule has 0 radical (unpaired) electrons. The Morgan fingerprint density at radius 3 is 2.63 bits per heavy atom. The van der Waals surface area contributed by atoms with Gasteiger partial charge >= 0.3 is 0 Å². The molecule has 0 fully saturated rings. The van der Waals surface area contributed by atoms with Gasteiger partial charge in [0.1, 0.15) is 5.82 Å². The van der Waals surface area contributed by atoms with E-state index in [4.69, 9.17) is 5.73 Å². The molecule has 3 N–H and O–H groups in total. The van der Waals surface area contributed by atoms with Gasteiger partial charge in [-0.1, -0.05) is 6.07 Å². The summed E-state index contributed by atoms with van der Waals surface area (Å²) in [5, 5.41) is 1.96. The van der Waals surface area contributed by atoms with Crippen LogP contribution in [0.25, 0.3) is 22.0 Å². The summed E-state index contributed by atoms with van der Waals surface area (Å²) in [6.07, 6.45) is 0. The maximum Gasteiger partial charge on any atom is 0.251 e. The number of aromatic amines is 1. The Kier molecular flexibility index (Phi) is 2.89. The molecule has 3 aromatic rings. The zero-order valence-electron chi connectivity index (χ0n) is 9.96. The first-order valence-corrected chi connectivity index (χ1v) is 6.61. The van der Waals surface area contributed by atoms with Gasteiger partial charge in [0.25, 0.3) is 5.56 Å². The average Bonchev–Trinajstić information content (AvgIpc) is 2.93. The number of hydrogen-bond acceptors (Lipinski definition) is 4. The quantitative estimate of drug-likeness (QED) is 0.703. The first-order valence-electron chi connectivity index (χ1n) is 5.73. The van der Waals surface area contributed by atoms with Crippen molar-refractivity contribution in [3.8, 4) is 22.0 Å². The number of nitrogens with two attached hydrogens (primary N) is 1. The first kappa shape index (κ1) is 11.7. The number of benzene rings is 1. The summed E-state index contributed by atoms with van der Waals surface area (Å²) in [6.45, 7) is 0. The normalized spacial score (nSPS) is 10.5. The number of H-pyrrole nitrogens is 1. The molecule has 0 spiro atoms. The predicted octanol–water partition coefficient (Wildman–Crippen LogP) is 2.75. The molecule has 0 amide bonds. The average molecular weight is 269 g/mol. The molecule has 4 nitrogen and oxygen atoms in total. The van der Waals surface area contributed by atoms with Crippen LogP contribution in [0.1, 0.15) is 0 Å². The van der Waals surface area contributed by atoms with Gasteiger partial charge in [-0.05, 0) is 35.7 Å². The molecule has 3 rings (SSSR count). The van der Waals surface area contributed by atoms with E-state index in [1.807, 2.05) is 29.6 Å². The summed E-state index contributed by atoms with van der Waals surface area (Å²) in [6, 6.07) is 12.6. The Hall–Kier alpha value is -2.40. The Balaban J connectivity index is 2.12. The van der Waals surface area contributed by atoms with Crippen molar-refractivity contribution < 1.29 is 0 Å². The number of thiophene rings is 1. The van der Waals surface area contributed by atoms with Crippen molar-refractivity contribution in [2.24, 2.45) is 0 Å². The Bertz CT molecular complexity index is 745. The molecule has 0 unspecified atom stereocenters. The van der Waals surface area contributed by atoms with Crippen molar-refractivity contribution in [3.63, 3.8) is 0 Å². The fourth-order valence-electron chi connectivity index (χ4n) is 1.79. The number of nitrogen functional groups attached to an aromatic ring is 1. The third-order valence-corrected chi connectivity index (χ3v) is 3.59. The lowest BCUT2D eigenvalue weighted by atomic mass is 10.2. The summed E-state index contributed by atoms with van der Waals surface area (Å²) >= 11 is 1.56. The highest BCUT2D eigenvalue weighted by Gasteiger charge is 2.06. The van der Waals surface area contributed by atoms with E-state index >= 15 is 0 Å². The zero-order valence-corrected chi connectivity index (χ0v) is 10.8. The van der Waals surface area contributed by atoms with E-state index in [2.05, 4.69) is 9.97 Å². The van der Waals surface area contributed by atoms with Crippen LogP contribution >= 0.6 is 11.3 Å². The van der Waals surface area contributed by atoms with Crippen molar-refractivity contribution in [3.05, 3.63) is 58.2 Å². The lowest BCUT2D eigenvalue weighted by Crippen LogP contribution is -2.08. The van der Waals surface area contributed by atoms with Gasteiger partial charge in [0.15, 0.2) is 0 Å². The molecule has 0 saturated heterocycles. The first-order chi connectivity index (χ1) is 9.22. The fourth-order valence-corrected chi connectivity index (χ4v) is 2.47. The Morgan fingerprint density at radius 1 is 1.16 bits per heavy atom. The summed E-state index contributed by atoms with van der Waals surface area (Å²) < 4.78 is 0. The SMILES string of the molecule is Nc1ccc(-c2nc(-c3cccs3)cc(=O)[nH]2)cc1. The molecule has 0 atom stereocenters. The minimum Gasteiger partial charge on any atom is -0.399 e. The molecule has 1 aromatic carbocycles. The Morgan fingerprint density at radius 2 is 1.95 bits per heavy atom. The molecule has 0 bridgehead atoms. The van der Waals surface area contributed by atoms with Crippen LogP contribution in [0.2, 0.25) is 0 Å². The van der Waals surface area contributed by atoms with Crippen molar-refractivity contribution in [1.29, 1.82) is 0 Å². The van der Waals surface area contributed by atoms with Gasteiger partial charge in [-0.15, -0.1) is 11.3 Å². The topological polar surface area (TPSA) is 71.8 Å². The highest BCUT2D eigenvalue weighted by atomic mass is 32.1. The van der Waals surface area contributed by atoms with E-state index in [1.165, 1.54) is 6.07 Å².